The molecule has 2 unspecified atom stereocenters. The minimum Gasteiger partial charge on any atom is -0.455 e. The van der Waals surface area contributed by atoms with Crippen molar-refractivity contribution in [1.29, 1.82) is 0 Å². The lowest BCUT2D eigenvalue weighted by atomic mass is 9.88. The maximum atomic E-state index is 6.71. The zero-order valence-corrected chi connectivity index (χ0v) is 31.3. The van der Waals surface area contributed by atoms with Crippen molar-refractivity contribution in [3.63, 3.8) is 0 Å². The van der Waals surface area contributed by atoms with Crippen molar-refractivity contribution in [3.8, 4) is 5.69 Å². The number of fused-ring (bicyclic) bond motifs is 9. The van der Waals surface area contributed by atoms with Crippen molar-refractivity contribution >= 4 is 76.8 Å². The third-order valence-electron chi connectivity index (χ3n) is 11.9. The van der Waals surface area contributed by atoms with Gasteiger partial charge < -0.3 is 14.3 Å². The number of furan rings is 1. The van der Waals surface area contributed by atoms with E-state index >= 15 is 0 Å². The molecule has 4 nitrogen and oxygen atoms in total. The fourth-order valence-electron chi connectivity index (χ4n) is 9.11. The third-order valence-corrected chi connectivity index (χ3v) is 11.9. The number of aryl methyl sites for hydroxylation is 1. The van der Waals surface area contributed by atoms with E-state index < -0.39 is 0 Å². The Morgan fingerprint density at radius 3 is 2.21 bits per heavy atom. The van der Waals surface area contributed by atoms with Gasteiger partial charge in [0.1, 0.15) is 17.0 Å². The number of hydrogen-bond acceptors (Lipinski definition) is 3. The highest BCUT2D eigenvalue weighted by Gasteiger charge is 2.29. The molecule has 0 aliphatic carbocycles. The van der Waals surface area contributed by atoms with E-state index in [0.717, 1.165) is 62.1 Å². The average molecular weight is 722 g/mol. The Hall–Kier alpha value is -6.91. The minimum atomic E-state index is -0.126. The van der Waals surface area contributed by atoms with Crippen LogP contribution in [0.4, 0.5) is 0 Å². The van der Waals surface area contributed by atoms with Crippen LogP contribution in [0.3, 0.4) is 0 Å². The van der Waals surface area contributed by atoms with Crippen LogP contribution in [0, 0.1) is 12.8 Å². The lowest BCUT2D eigenvalue weighted by Gasteiger charge is -2.20. The van der Waals surface area contributed by atoms with Gasteiger partial charge in [-0.2, -0.15) is 0 Å². The van der Waals surface area contributed by atoms with E-state index in [-0.39, 0.29) is 12.0 Å². The second-order valence-corrected chi connectivity index (χ2v) is 15.1. The minimum absolute atomic E-state index is 0.115. The Bertz CT molecular complexity index is 3240. The summed E-state index contributed by atoms with van der Waals surface area (Å²) in [5.41, 5.74) is 11.0. The summed E-state index contributed by atoms with van der Waals surface area (Å²) in [6, 6.07) is 58.8. The smallest absolute Gasteiger partial charge is 0.143 e. The maximum Gasteiger partial charge on any atom is 0.143 e. The lowest BCUT2D eigenvalue weighted by Crippen LogP contribution is -2.23. The fourth-order valence-corrected chi connectivity index (χ4v) is 9.11. The SMILES string of the molecule is CCC1C=C(c2c(C)ccc3oc4c5ccccc5ccc4c23)NC(c2ccc3ccccc3c2)=NC1c1ccc2c(c1)c1ccccc1n2-c1ccccc1. The van der Waals surface area contributed by atoms with Gasteiger partial charge in [-0.25, -0.2) is 0 Å². The normalized spacial score (nSPS) is 16.1. The van der Waals surface area contributed by atoms with E-state index in [4.69, 9.17) is 9.41 Å². The van der Waals surface area contributed by atoms with Crippen LogP contribution in [0.2, 0.25) is 0 Å². The molecule has 0 fully saturated rings. The number of rotatable bonds is 5. The highest BCUT2D eigenvalue weighted by Crippen LogP contribution is 2.43. The van der Waals surface area contributed by atoms with Crippen LogP contribution in [0.15, 0.2) is 179 Å². The molecule has 0 spiro atoms. The van der Waals surface area contributed by atoms with Crippen LogP contribution in [0.1, 0.15) is 41.6 Å². The van der Waals surface area contributed by atoms with Crippen molar-refractivity contribution in [2.24, 2.45) is 10.9 Å². The highest BCUT2D eigenvalue weighted by atomic mass is 16.3. The number of amidine groups is 1. The molecule has 1 aliphatic rings. The van der Waals surface area contributed by atoms with E-state index in [0.29, 0.717) is 0 Å². The predicted molar refractivity (Wildman–Crippen MR) is 235 cm³/mol. The molecule has 0 saturated carbocycles. The largest absolute Gasteiger partial charge is 0.455 e. The molecule has 1 N–H and O–H groups in total. The molecule has 2 aromatic heterocycles. The molecule has 3 heterocycles. The number of aromatic nitrogens is 1. The number of aliphatic imine (C=N–C) groups is 1. The summed E-state index contributed by atoms with van der Waals surface area (Å²) in [6.07, 6.45) is 3.36. The first-order valence-electron chi connectivity index (χ1n) is 19.6. The van der Waals surface area contributed by atoms with Crippen molar-refractivity contribution in [1.82, 2.24) is 9.88 Å². The molecule has 56 heavy (non-hydrogen) atoms. The second kappa shape index (κ2) is 12.9. The van der Waals surface area contributed by atoms with Gasteiger partial charge in [0.05, 0.1) is 17.1 Å². The molecule has 2 atom stereocenters. The summed E-state index contributed by atoms with van der Waals surface area (Å²) in [5, 5.41) is 13.4. The van der Waals surface area contributed by atoms with Crippen LogP contribution in [0.5, 0.6) is 0 Å². The van der Waals surface area contributed by atoms with E-state index in [1.807, 2.05) is 0 Å². The van der Waals surface area contributed by atoms with Gasteiger partial charge in [0, 0.05) is 55.4 Å². The molecule has 1 aliphatic heterocycles. The van der Waals surface area contributed by atoms with Gasteiger partial charge in [0.2, 0.25) is 0 Å². The number of nitrogens with one attached hydrogen (secondary N) is 1. The van der Waals surface area contributed by atoms with Crippen LogP contribution >= 0.6 is 0 Å². The third kappa shape index (κ3) is 5.10. The van der Waals surface area contributed by atoms with Crippen LogP contribution in [-0.4, -0.2) is 10.4 Å². The van der Waals surface area contributed by atoms with Crippen molar-refractivity contribution in [2.45, 2.75) is 26.3 Å². The Balaban J connectivity index is 1.14. The Labute approximate surface area is 325 Å². The van der Waals surface area contributed by atoms with Crippen LogP contribution in [-0.2, 0) is 0 Å². The zero-order valence-electron chi connectivity index (χ0n) is 31.3. The molecule has 0 amide bonds. The quantitative estimate of drug-likeness (QED) is 0.192. The van der Waals surface area contributed by atoms with Crippen LogP contribution in [0.25, 0.3) is 76.7 Å². The van der Waals surface area contributed by atoms with Gasteiger partial charge in [-0.05, 0) is 89.2 Å². The molecule has 0 saturated heterocycles. The Morgan fingerprint density at radius 2 is 1.36 bits per heavy atom. The van der Waals surface area contributed by atoms with Crippen molar-refractivity contribution < 1.29 is 4.42 Å². The summed E-state index contributed by atoms with van der Waals surface area (Å²) < 4.78 is 9.09. The molecule has 11 rings (SSSR count). The van der Waals surface area contributed by atoms with Gasteiger partial charge >= 0.3 is 0 Å². The summed E-state index contributed by atoms with van der Waals surface area (Å²) in [4.78, 5) is 5.73. The molecular weight excluding hydrogens is 683 g/mol. The van der Waals surface area contributed by atoms with E-state index in [9.17, 15) is 0 Å². The first kappa shape index (κ1) is 32.5. The van der Waals surface area contributed by atoms with Gasteiger partial charge in [-0.15, -0.1) is 0 Å². The van der Waals surface area contributed by atoms with Gasteiger partial charge in [0.25, 0.3) is 0 Å². The first-order chi connectivity index (χ1) is 27.6. The topological polar surface area (TPSA) is 42.5 Å². The number of benzene rings is 8. The average Bonchev–Trinajstić information content (AvgIpc) is 3.72. The predicted octanol–water partition coefficient (Wildman–Crippen LogP) is 13.5. The summed E-state index contributed by atoms with van der Waals surface area (Å²) >= 11 is 0. The van der Waals surface area contributed by atoms with Crippen molar-refractivity contribution in [2.75, 3.05) is 0 Å². The lowest BCUT2D eigenvalue weighted by molar-refractivity contribution is 0.512. The van der Waals surface area contributed by atoms with Gasteiger partial charge in [0.15, 0.2) is 0 Å². The molecular formula is C52H39N3O. The molecule has 268 valence electrons. The van der Waals surface area contributed by atoms with Gasteiger partial charge in [-0.3, -0.25) is 4.99 Å². The summed E-state index contributed by atoms with van der Waals surface area (Å²) in [6.45, 7) is 4.50. The highest BCUT2D eigenvalue weighted by molar-refractivity contribution is 6.19. The molecule has 0 bridgehead atoms. The maximum absolute atomic E-state index is 6.71. The zero-order chi connectivity index (χ0) is 37.3. The molecule has 0 radical (unpaired) electrons. The van der Waals surface area contributed by atoms with Crippen LogP contribution < -0.4 is 5.32 Å². The summed E-state index contributed by atoms with van der Waals surface area (Å²) in [7, 11) is 0. The van der Waals surface area contributed by atoms with Gasteiger partial charge in [-0.1, -0.05) is 128 Å². The number of nitrogens with zero attached hydrogens (tertiary/aromatic N) is 2. The van der Waals surface area contributed by atoms with E-state index in [1.165, 1.54) is 49.1 Å². The number of hydrogen-bond donors (Lipinski definition) is 1. The Kier molecular flexibility index (Phi) is 7.46. The Morgan fingerprint density at radius 1 is 0.625 bits per heavy atom. The molecule has 4 heteroatoms. The first-order valence-corrected chi connectivity index (χ1v) is 19.6. The van der Waals surface area contributed by atoms with E-state index in [2.05, 4.69) is 194 Å². The van der Waals surface area contributed by atoms with E-state index in [1.54, 1.807) is 0 Å². The fraction of sp³-hybridized carbons (Fsp3) is 0.0962. The standard InChI is InChI=1S/C52H39N3O/c1-3-33-31-44(48-32(2)21-28-47-49(48)42-26-24-35-14-9-10-18-40(35)51(42)56-47)53-52(38-23-22-34-13-7-8-15-36(34)29-38)54-50(33)37-25-27-46-43(30-37)41-19-11-12-20-45(41)55(46)39-16-5-4-6-17-39/h4-31,33,50H,3H2,1-2H3,(H,53,54). The molecule has 10 aromatic rings. The van der Waals surface area contributed by atoms with Crippen molar-refractivity contribution in [3.05, 3.63) is 192 Å². The molecule has 8 aromatic carbocycles. The second-order valence-electron chi connectivity index (χ2n) is 15.1. The number of para-hydroxylation sites is 2. The summed E-state index contributed by atoms with van der Waals surface area (Å²) in [5.74, 6) is 0.980. The monoisotopic (exact) mass is 721 g/mol.